The van der Waals surface area contributed by atoms with Crippen LogP contribution in [0.5, 0.6) is 5.75 Å². The molecule has 0 bridgehead atoms. The fourth-order valence-corrected chi connectivity index (χ4v) is 6.30. The SMILES string of the molecule is COC(OC)C1CCN(c2ccc([C@H]3c4ccc(O)cc4C(F)(F)C[C@H]3c3ccc(C(F)(F)F)cc3)cc2)CC1. The van der Waals surface area contributed by atoms with Gasteiger partial charge in [-0.2, -0.15) is 13.2 Å². The topological polar surface area (TPSA) is 41.9 Å². The molecule has 0 radical (unpaired) electrons. The van der Waals surface area contributed by atoms with Gasteiger partial charge in [0.15, 0.2) is 6.29 Å². The van der Waals surface area contributed by atoms with Gasteiger partial charge in [0.05, 0.1) is 5.56 Å². The van der Waals surface area contributed by atoms with Gasteiger partial charge in [-0.05, 0) is 65.9 Å². The van der Waals surface area contributed by atoms with Crippen molar-refractivity contribution in [3.05, 3.63) is 94.5 Å². The number of piperidine rings is 1. The molecular weight excluding hydrogens is 529 g/mol. The molecule has 40 heavy (non-hydrogen) atoms. The second-order valence-corrected chi connectivity index (χ2v) is 10.6. The molecule has 0 saturated carbocycles. The minimum atomic E-state index is -4.52. The lowest BCUT2D eigenvalue weighted by Crippen LogP contribution is -2.39. The van der Waals surface area contributed by atoms with Crippen molar-refractivity contribution in [3.63, 3.8) is 0 Å². The lowest BCUT2D eigenvalue weighted by molar-refractivity contribution is -0.141. The number of ether oxygens (including phenoxy) is 2. The summed E-state index contributed by atoms with van der Waals surface area (Å²) in [5, 5.41) is 9.97. The van der Waals surface area contributed by atoms with Gasteiger partial charge in [0.1, 0.15) is 5.75 Å². The molecule has 9 heteroatoms. The van der Waals surface area contributed by atoms with Gasteiger partial charge in [0.2, 0.25) is 0 Å². The van der Waals surface area contributed by atoms with Crippen LogP contribution in [0, 0.1) is 5.92 Å². The Hall–Kier alpha value is -3.17. The number of rotatable bonds is 6. The highest BCUT2D eigenvalue weighted by molar-refractivity contribution is 5.53. The van der Waals surface area contributed by atoms with E-state index in [1.165, 1.54) is 24.3 Å². The monoisotopic (exact) mass is 561 g/mol. The van der Waals surface area contributed by atoms with Gasteiger partial charge in [-0.1, -0.05) is 30.3 Å². The van der Waals surface area contributed by atoms with Crippen LogP contribution in [0.15, 0.2) is 66.7 Å². The summed E-state index contributed by atoms with van der Waals surface area (Å²) < 4.78 is 81.2. The molecule has 5 rings (SSSR count). The minimum absolute atomic E-state index is 0.240. The Balaban J connectivity index is 1.47. The third kappa shape index (κ3) is 5.54. The summed E-state index contributed by atoms with van der Waals surface area (Å²) in [6, 6.07) is 16.2. The van der Waals surface area contributed by atoms with Crippen LogP contribution in [0.1, 0.15) is 58.9 Å². The molecule has 1 saturated heterocycles. The summed E-state index contributed by atoms with van der Waals surface area (Å²) in [6.07, 6.45) is -3.54. The maximum absolute atomic E-state index is 15.4. The summed E-state index contributed by atoms with van der Waals surface area (Å²) in [7, 11) is 3.27. The molecule has 1 fully saturated rings. The van der Waals surface area contributed by atoms with E-state index in [1.807, 2.05) is 24.3 Å². The average Bonchev–Trinajstić information content (AvgIpc) is 2.94. The van der Waals surface area contributed by atoms with E-state index in [-0.39, 0.29) is 17.6 Å². The molecular formula is C31H32F5NO3. The van der Waals surface area contributed by atoms with Crippen molar-refractivity contribution in [1.29, 1.82) is 0 Å². The van der Waals surface area contributed by atoms with Crippen molar-refractivity contribution in [2.24, 2.45) is 5.92 Å². The Morgan fingerprint density at radius 3 is 2.05 bits per heavy atom. The van der Waals surface area contributed by atoms with Crippen LogP contribution in [0.2, 0.25) is 0 Å². The largest absolute Gasteiger partial charge is 0.508 e. The van der Waals surface area contributed by atoms with E-state index < -0.39 is 35.9 Å². The number of benzene rings is 3. The van der Waals surface area contributed by atoms with Gasteiger partial charge < -0.3 is 19.5 Å². The first-order valence-electron chi connectivity index (χ1n) is 13.3. The van der Waals surface area contributed by atoms with Gasteiger partial charge in [0.25, 0.3) is 5.92 Å². The molecule has 2 atom stereocenters. The average molecular weight is 562 g/mol. The standard InChI is InChI=1S/C31H32F5NO3/c1-39-29(40-2)21-13-15-37(16-14-21)23-9-5-20(6-10-23)28-25-12-11-24(38)17-27(25)30(32,33)18-26(28)19-3-7-22(8-4-19)31(34,35)36/h3-12,17,21,26,28-29,38H,13-16,18H2,1-2H3/t26-,28-/m0/s1. The second-order valence-electron chi connectivity index (χ2n) is 10.6. The molecule has 3 aromatic rings. The lowest BCUT2D eigenvalue weighted by atomic mass is 9.68. The number of hydrogen-bond acceptors (Lipinski definition) is 4. The predicted octanol–water partition coefficient (Wildman–Crippen LogP) is 7.66. The zero-order chi connectivity index (χ0) is 28.7. The minimum Gasteiger partial charge on any atom is -0.508 e. The Morgan fingerprint density at radius 2 is 1.48 bits per heavy atom. The molecule has 1 aliphatic carbocycles. The summed E-state index contributed by atoms with van der Waals surface area (Å²) in [6.45, 7) is 1.64. The smallest absolute Gasteiger partial charge is 0.416 e. The summed E-state index contributed by atoms with van der Waals surface area (Å²) in [4.78, 5) is 2.26. The molecule has 1 heterocycles. The summed E-state index contributed by atoms with van der Waals surface area (Å²) >= 11 is 0. The highest BCUT2D eigenvalue weighted by Crippen LogP contribution is 2.55. The van der Waals surface area contributed by atoms with Crippen LogP contribution < -0.4 is 4.90 Å². The first-order valence-corrected chi connectivity index (χ1v) is 13.3. The molecule has 1 N–H and O–H groups in total. The Labute approximate surface area is 230 Å². The van der Waals surface area contributed by atoms with E-state index in [2.05, 4.69) is 4.90 Å². The van der Waals surface area contributed by atoms with Crippen LogP contribution in [0.25, 0.3) is 0 Å². The van der Waals surface area contributed by atoms with E-state index in [0.29, 0.717) is 17.0 Å². The predicted molar refractivity (Wildman–Crippen MR) is 142 cm³/mol. The van der Waals surface area contributed by atoms with Gasteiger partial charge >= 0.3 is 6.18 Å². The molecule has 3 aromatic carbocycles. The van der Waals surface area contributed by atoms with Crippen LogP contribution >= 0.6 is 0 Å². The molecule has 0 unspecified atom stereocenters. The molecule has 0 spiro atoms. The lowest BCUT2D eigenvalue weighted by Gasteiger charge is -2.39. The first-order chi connectivity index (χ1) is 19.0. The van der Waals surface area contributed by atoms with Gasteiger partial charge in [-0.3, -0.25) is 0 Å². The number of alkyl halides is 5. The number of aromatic hydroxyl groups is 1. The fraction of sp³-hybridized carbons (Fsp3) is 0.419. The van der Waals surface area contributed by atoms with E-state index >= 15 is 8.78 Å². The van der Waals surface area contributed by atoms with Gasteiger partial charge in [-0.25, -0.2) is 8.78 Å². The van der Waals surface area contributed by atoms with Gasteiger partial charge in [0, 0.05) is 62.7 Å². The Morgan fingerprint density at radius 1 is 0.875 bits per heavy atom. The van der Waals surface area contributed by atoms with Crippen molar-refractivity contribution >= 4 is 5.69 Å². The third-order valence-corrected chi connectivity index (χ3v) is 8.32. The maximum Gasteiger partial charge on any atom is 0.416 e. The number of nitrogens with zero attached hydrogens (tertiary/aromatic N) is 1. The Bertz CT molecular complexity index is 1300. The number of halogens is 5. The normalized spacial score (nSPS) is 21.4. The number of hydrogen-bond donors (Lipinski definition) is 1. The molecule has 4 nitrogen and oxygen atoms in total. The van der Waals surface area contributed by atoms with Crippen LogP contribution in [0.4, 0.5) is 27.6 Å². The van der Waals surface area contributed by atoms with E-state index in [9.17, 15) is 18.3 Å². The molecule has 0 amide bonds. The van der Waals surface area contributed by atoms with E-state index in [4.69, 9.17) is 9.47 Å². The number of phenols is 1. The number of phenolic OH excluding ortho intramolecular Hbond substituents is 1. The van der Waals surface area contributed by atoms with E-state index in [1.54, 1.807) is 14.2 Å². The quantitative estimate of drug-likeness (QED) is 0.248. The van der Waals surface area contributed by atoms with Crippen molar-refractivity contribution in [2.45, 2.75) is 49.5 Å². The van der Waals surface area contributed by atoms with Crippen LogP contribution in [-0.2, 0) is 21.6 Å². The zero-order valence-corrected chi connectivity index (χ0v) is 22.3. The first kappa shape index (κ1) is 28.4. The fourth-order valence-electron chi connectivity index (χ4n) is 6.30. The molecule has 1 aliphatic heterocycles. The molecule has 2 aliphatic rings. The summed E-state index contributed by atoms with van der Waals surface area (Å²) in [5.41, 5.74) is 1.48. The van der Waals surface area contributed by atoms with Gasteiger partial charge in [-0.15, -0.1) is 0 Å². The van der Waals surface area contributed by atoms with Crippen molar-refractivity contribution in [1.82, 2.24) is 0 Å². The highest BCUT2D eigenvalue weighted by atomic mass is 19.4. The number of fused-ring (bicyclic) bond motifs is 1. The third-order valence-electron chi connectivity index (χ3n) is 8.32. The Kier molecular flexibility index (Phi) is 7.81. The number of anilines is 1. The molecule has 214 valence electrons. The van der Waals surface area contributed by atoms with Crippen LogP contribution in [0.3, 0.4) is 0 Å². The second kappa shape index (κ2) is 11.0. The maximum atomic E-state index is 15.4. The molecule has 0 aromatic heterocycles. The van der Waals surface area contributed by atoms with Crippen LogP contribution in [-0.4, -0.2) is 38.7 Å². The highest BCUT2D eigenvalue weighted by Gasteiger charge is 2.47. The van der Waals surface area contributed by atoms with Crippen molar-refractivity contribution < 1.29 is 36.5 Å². The van der Waals surface area contributed by atoms with Crippen molar-refractivity contribution in [3.8, 4) is 5.75 Å². The van der Waals surface area contributed by atoms with Crippen molar-refractivity contribution in [2.75, 3.05) is 32.2 Å². The zero-order valence-electron chi connectivity index (χ0n) is 22.3. The summed E-state index contributed by atoms with van der Waals surface area (Å²) in [5.74, 6) is -4.52. The number of methoxy groups -OCH3 is 2. The van der Waals surface area contributed by atoms with E-state index in [0.717, 1.165) is 55.4 Å².